The Hall–Kier alpha value is -1.14. The Bertz CT molecular complexity index is 396. The molecule has 0 atom stereocenters. The van der Waals surface area contributed by atoms with Crippen molar-refractivity contribution in [2.45, 2.75) is 46.6 Å². The van der Waals surface area contributed by atoms with E-state index in [0.29, 0.717) is 30.7 Å². The third-order valence-corrected chi connectivity index (χ3v) is 2.71. The second-order valence-electron chi connectivity index (χ2n) is 5.14. The van der Waals surface area contributed by atoms with E-state index in [4.69, 9.17) is 9.63 Å². The summed E-state index contributed by atoms with van der Waals surface area (Å²) >= 11 is 0. The van der Waals surface area contributed by atoms with Gasteiger partial charge < -0.3 is 9.63 Å². The fourth-order valence-corrected chi connectivity index (χ4v) is 1.79. The molecule has 0 unspecified atom stereocenters. The van der Waals surface area contributed by atoms with Crippen molar-refractivity contribution in [2.75, 3.05) is 13.1 Å². The minimum absolute atomic E-state index is 0. The van der Waals surface area contributed by atoms with Crippen LogP contribution in [-0.4, -0.2) is 39.2 Å². The van der Waals surface area contributed by atoms with Crippen LogP contribution in [0.2, 0.25) is 0 Å². The molecule has 0 fully saturated rings. The van der Waals surface area contributed by atoms with Crippen LogP contribution < -0.4 is 0 Å². The number of halogens is 1. The molecular formula is C13H24ClN3O3. The number of aliphatic carboxylic acids is 1. The zero-order valence-corrected chi connectivity index (χ0v) is 13.2. The van der Waals surface area contributed by atoms with E-state index in [2.05, 4.69) is 24.0 Å². The first-order valence-corrected chi connectivity index (χ1v) is 6.76. The minimum atomic E-state index is -0.840. The summed E-state index contributed by atoms with van der Waals surface area (Å²) in [6, 6.07) is 0. The van der Waals surface area contributed by atoms with Crippen LogP contribution >= 0.6 is 12.4 Å². The predicted octanol–water partition coefficient (Wildman–Crippen LogP) is 2.38. The van der Waals surface area contributed by atoms with E-state index < -0.39 is 5.97 Å². The van der Waals surface area contributed by atoms with Crippen molar-refractivity contribution in [3.05, 3.63) is 11.7 Å². The monoisotopic (exact) mass is 305 g/mol. The number of carboxylic acid groups (broad SMARTS) is 1. The van der Waals surface area contributed by atoms with Gasteiger partial charge in [-0.3, -0.25) is 9.69 Å². The Morgan fingerprint density at radius 3 is 2.70 bits per heavy atom. The normalized spacial score (nSPS) is 10.8. The van der Waals surface area contributed by atoms with E-state index in [1.807, 2.05) is 6.92 Å². The summed E-state index contributed by atoms with van der Waals surface area (Å²) in [4.78, 5) is 16.8. The lowest BCUT2D eigenvalue weighted by molar-refractivity contribution is -0.138. The largest absolute Gasteiger partial charge is 0.480 e. The fraction of sp³-hybridized carbons (Fsp3) is 0.769. The maximum absolute atomic E-state index is 10.7. The Labute approximate surface area is 125 Å². The third-order valence-electron chi connectivity index (χ3n) is 2.71. The van der Waals surface area contributed by atoms with Crippen LogP contribution in [0.3, 0.4) is 0 Å². The van der Waals surface area contributed by atoms with Crippen LogP contribution in [0, 0.1) is 5.92 Å². The Kier molecular flexibility index (Phi) is 9.16. The quantitative estimate of drug-likeness (QED) is 0.754. The molecule has 0 saturated carbocycles. The van der Waals surface area contributed by atoms with Gasteiger partial charge in [-0.2, -0.15) is 4.98 Å². The molecule has 0 saturated heterocycles. The maximum Gasteiger partial charge on any atom is 0.317 e. The number of carbonyl (C=O) groups is 1. The van der Waals surface area contributed by atoms with Crippen LogP contribution in [0.25, 0.3) is 0 Å². The van der Waals surface area contributed by atoms with Crippen LogP contribution in [-0.2, 0) is 17.8 Å². The van der Waals surface area contributed by atoms with E-state index >= 15 is 0 Å². The van der Waals surface area contributed by atoms with E-state index in [-0.39, 0.29) is 19.0 Å². The van der Waals surface area contributed by atoms with Gasteiger partial charge in [0.05, 0.1) is 13.1 Å². The molecule has 0 radical (unpaired) electrons. The lowest BCUT2D eigenvalue weighted by Crippen LogP contribution is -2.30. The van der Waals surface area contributed by atoms with Crippen LogP contribution in [0.1, 0.15) is 45.3 Å². The molecule has 7 heteroatoms. The Morgan fingerprint density at radius 2 is 2.15 bits per heavy atom. The molecule has 0 spiro atoms. The summed E-state index contributed by atoms with van der Waals surface area (Å²) in [6.45, 7) is 7.41. The summed E-state index contributed by atoms with van der Waals surface area (Å²) in [6.07, 6.45) is 2.71. The zero-order valence-electron chi connectivity index (χ0n) is 12.3. The van der Waals surface area contributed by atoms with Gasteiger partial charge in [0.25, 0.3) is 0 Å². The summed E-state index contributed by atoms with van der Waals surface area (Å²) < 4.78 is 5.16. The number of aromatic nitrogens is 2. The second kappa shape index (κ2) is 9.72. The first kappa shape index (κ1) is 18.9. The molecule has 0 aliphatic rings. The highest BCUT2D eigenvalue weighted by molar-refractivity contribution is 5.85. The van der Waals surface area contributed by atoms with Gasteiger partial charge in [-0.1, -0.05) is 25.9 Å². The van der Waals surface area contributed by atoms with Gasteiger partial charge >= 0.3 is 5.97 Å². The number of nitrogens with zero attached hydrogens (tertiary/aromatic N) is 3. The third kappa shape index (κ3) is 7.45. The van der Waals surface area contributed by atoms with Crippen LogP contribution in [0.4, 0.5) is 0 Å². The van der Waals surface area contributed by atoms with E-state index in [1.165, 1.54) is 0 Å². The van der Waals surface area contributed by atoms with Gasteiger partial charge in [-0.15, -0.1) is 12.4 Å². The van der Waals surface area contributed by atoms with Crippen molar-refractivity contribution in [1.29, 1.82) is 0 Å². The topological polar surface area (TPSA) is 79.5 Å². The van der Waals surface area contributed by atoms with E-state index in [1.54, 1.807) is 4.90 Å². The van der Waals surface area contributed by atoms with Gasteiger partial charge in [0.2, 0.25) is 5.89 Å². The molecule has 1 aromatic heterocycles. The van der Waals surface area contributed by atoms with Crippen LogP contribution in [0.5, 0.6) is 0 Å². The standard InChI is InChI=1S/C13H23N3O3.ClH/c1-4-7-16(9-13(17)18)8-12-14-11(15-19-12)6-5-10(2)3;/h10H,4-9H2,1-3H3,(H,17,18);1H. The molecule has 0 amide bonds. The lowest BCUT2D eigenvalue weighted by Gasteiger charge is -2.16. The number of hydrogen-bond acceptors (Lipinski definition) is 5. The van der Waals surface area contributed by atoms with Crippen LogP contribution in [0.15, 0.2) is 4.52 Å². The first-order valence-electron chi connectivity index (χ1n) is 6.76. The number of rotatable bonds is 9. The SMILES string of the molecule is CCCN(CC(=O)O)Cc1nc(CCC(C)C)no1.Cl. The number of carboxylic acids is 1. The first-order chi connectivity index (χ1) is 9.01. The van der Waals surface area contributed by atoms with E-state index in [9.17, 15) is 4.79 Å². The summed E-state index contributed by atoms with van der Waals surface area (Å²) in [7, 11) is 0. The Morgan fingerprint density at radius 1 is 1.45 bits per heavy atom. The average Bonchev–Trinajstić information content (AvgIpc) is 2.73. The molecule has 1 N–H and O–H groups in total. The minimum Gasteiger partial charge on any atom is -0.480 e. The van der Waals surface area contributed by atoms with Gasteiger partial charge in [0, 0.05) is 6.42 Å². The molecule has 0 aromatic carbocycles. The van der Waals surface area contributed by atoms with Crippen molar-refractivity contribution in [3.63, 3.8) is 0 Å². The van der Waals surface area contributed by atoms with E-state index in [0.717, 1.165) is 19.3 Å². The summed E-state index contributed by atoms with van der Waals surface area (Å²) in [5.74, 6) is 0.961. The molecule has 6 nitrogen and oxygen atoms in total. The molecule has 20 heavy (non-hydrogen) atoms. The molecule has 0 bridgehead atoms. The molecule has 116 valence electrons. The molecular weight excluding hydrogens is 282 g/mol. The fourth-order valence-electron chi connectivity index (χ4n) is 1.79. The van der Waals surface area contributed by atoms with Gasteiger partial charge in [-0.05, 0) is 25.3 Å². The maximum atomic E-state index is 10.7. The highest BCUT2D eigenvalue weighted by Crippen LogP contribution is 2.08. The zero-order chi connectivity index (χ0) is 14.3. The summed E-state index contributed by atoms with van der Waals surface area (Å²) in [5.41, 5.74) is 0. The number of aryl methyl sites for hydroxylation is 1. The average molecular weight is 306 g/mol. The van der Waals surface area contributed by atoms with Gasteiger partial charge in [-0.25, -0.2) is 0 Å². The predicted molar refractivity (Wildman–Crippen MR) is 77.9 cm³/mol. The number of hydrogen-bond donors (Lipinski definition) is 1. The molecule has 1 rings (SSSR count). The molecule has 0 aliphatic heterocycles. The van der Waals surface area contributed by atoms with Gasteiger partial charge in [0.15, 0.2) is 5.82 Å². The highest BCUT2D eigenvalue weighted by atomic mass is 35.5. The van der Waals surface area contributed by atoms with Gasteiger partial charge in [0.1, 0.15) is 0 Å². The smallest absolute Gasteiger partial charge is 0.317 e. The molecule has 1 heterocycles. The van der Waals surface area contributed by atoms with Crippen molar-refractivity contribution >= 4 is 18.4 Å². The van der Waals surface area contributed by atoms with Crippen molar-refractivity contribution in [2.24, 2.45) is 5.92 Å². The second-order valence-corrected chi connectivity index (χ2v) is 5.14. The van der Waals surface area contributed by atoms with Crippen molar-refractivity contribution in [3.8, 4) is 0 Å². The highest BCUT2D eigenvalue weighted by Gasteiger charge is 2.14. The summed E-state index contributed by atoms with van der Waals surface area (Å²) in [5, 5.41) is 12.8. The lowest BCUT2D eigenvalue weighted by atomic mass is 10.1. The molecule has 0 aliphatic carbocycles. The molecule has 1 aromatic rings. The van der Waals surface area contributed by atoms with Crippen molar-refractivity contribution in [1.82, 2.24) is 15.0 Å². The Balaban J connectivity index is 0.00000361. The van der Waals surface area contributed by atoms with Crippen molar-refractivity contribution < 1.29 is 14.4 Å².